The minimum atomic E-state index is -1.08. The van der Waals surface area contributed by atoms with E-state index in [1.165, 1.54) is 17.4 Å². The number of nitrogens with one attached hydrogen (secondary N) is 1. The van der Waals surface area contributed by atoms with Crippen molar-refractivity contribution < 1.29 is 9.90 Å². The Bertz CT molecular complexity index is 865. The Balaban J connectivity index is 1.67. The molecule has 0 spiro atoms. The smallest absolute Gasteiger partial charge is 0.244 e. The Hall–Kier alpha value is -2.50. The van der Waals surface area contributed by atoms with Crippen LogP contribution in [-0.2, 0) is 10.4 Å². The van der Waals surface area contributed by atoms with Gasteiger partial charge in [0.1, 0.15) is 5.60 Å². The van der Waals surface area contributed by atoms with E-state index in [0.29, 0.717) is 0 Å². The summed E-state index contributed by atoms with van der Waals surface area (Å²) >= 11 is 1.52. The Morgan fingerprint density at radius 2 is 2.17 bits per heavy atom. The monoisotopic (exact) mass is 338 g/mol. The molecule has 0 saturated carbocycles. The molecule has 5 heteroatoms. The second-order valence-electron chi connectivity index (χ2n) is 5.76. The predicted molar refractivity (Wildman–Crippen MR) is 97.7 cm³/mol. The molecule has 2 aromatic heterocycles. The number of hydrogen-bond donors (Lipinski definition) is 2. The third-order valence-corrected chi connectivity index (χ3v) is 4.51. The molecule has 1 aromatic carbocycles. The number of thiophene rings is 1. The van der Waals surface area contributed by atoms with Gasteiger partial charge in [-0.1, -0.05) is 24.3 Å². The van der Waals surface area contributed by atoms with Crippen LogP contribution in [0.25, 0.3) is 17.0 Å². The van der Waals surface area contributed by atoms with Gasteiger partial charge < -0.3 is 10.4 Å². The second-order valence-corrected chi connectivity index (χ2v) is 6.54. The van der Waals surface area contributed by atoms with Crippen molar-refractivity contribution >= 4 is 34.2 Å². The van der Waals surface area contributed by atoms with Crippen LogP contribution in [0.15, 0.2) is 59.4 Å². The number of rotatable bonds is 5. The van der Waals surface area contributed by atoms with Gasteiger partial charge >= 0.3 is 0 Å². The number of benzene rings is 1. The molecule has 0 aliphatic carbocycles. The van der Waals surface area contributed by atoms with E-state index in [4.69, 9.17) is 0 Å². The van der Waals surface area contributed by atoms with Gasteiger partial charge in [-0.2, -0.15) is 11.3 Å². The SMILES string of the molecule is CC(O)(CNC(=O)/C=C/c1cccc2cccnc12)c1ccsc1. The van der Waals surface area contributed by atoms with E-state index in [2.05, 4.69) is 10.3 Å². The summed E-state index contributed by atoms with van der Waals surface area (Å²) in [5.41, 5.74) is 1.46. The van der Waals surface area contributed by atoms with Gasteiger partial charge in [-0.15, -0.1) is 0 Å². The summed E-state index contributed by atoms with van der Waals surface area (Å²) in [5, 5.41) is 18.0. The number of para-hydroxylation sites is 1. The molecule has 2 N–H and O–H groups in total. The lowest BCUT2D eigenvalue weighted by atomic mass is 9.99. The number of pyridine rings is 1. The molecule has 0 bridgehead atoms. The van der Waals surface area contributed by atoms with Gasteiger partial charge in [-0.3, -0.25) is 9.78 Å². The largest absolute Gasteiger partial charge is 0.384 e. The Labute approximate surface area is 144 Å². The van der Waals surface area contributed by atoms with Crippen molar-refractivity contribution in [1.82, 2.24) is 10.3 Å². The fourth-order valence-electron chi connectivity index (χ4n) is 2.42. The van der Waals surface area contributed by atoms with Gasteiger partial charge in [0, 0.05) is 23.2 Å². The van der Waals surface area contributed by atoms with Crippen LogP contribution in [0.1, 0.15) is 18.1 Å². The van der Waals surface area contributed by atoms with E-state index < -0.39 is 5.60 Å². The molecule has 4 nitrogen and oxygen atoms in total. The van der Waals surface area contributed by atoms with Crippen LogP contribution < -0.4 is 5.32 Å². The molecule has 1 amide bonds. The normalized spacial score (nSPS) is 13.9. The fourth-order valence-corrected chi connectivity index (χ4v) is 3.20. The van der Waals surface area contributed by atoms with Gasteiger partial charge in [0.2, 0.25) is 5.91 Å². The highest BCUT2D eigenvalue weighted by molar-refractivity contribution is 7.08. The molecular weight excluding hydrogens is 320 g/mol. The number of carbonyl (C=O) groups excluding carboxylic acids is 1. The van der Waals surface area contributed by atoms with Crippen molar-refractivity contribution in [3.63, 3.8) is 0 Å². The zero-order chi connectivity index (χ0) is 17.0. The van der Waals surface area contributed by atoms with Gasteiger partial charge in [-0.25, -0.2) is 0 Å². The van der Waals surface area contributed by atoms with Crippen LogP contribution >= 0.6 is 11.3 Å². The molecule has 0 radical (unpaired) electrons. The molecule has 3 rings (SSSR count). The summed E-state index contributed by atoms with van der Waals surface area (Å²) in [6.45, 7) is 1.84. The lowest BCUT2D eigenvalue weighted by molar-refractivity contribution is -0.117. The first kappa shape index (κ1) is 16.4. The Kier molecular flexibility index (Phi) is 4.74. The molecular formula is C19H18N2O2S. The first-order valence-corrected chi connectivity index (χ1v) is 8.55. The molecule has 1 atom stereocenters. The van der Waals surface area contributed by atoms with Crippen LogP contribution in [0.5, 0.6) is 0 Å². The summed E-state index contributed by atoms with van der Waals surface area (Å²) in [6, 6.07) is 11.6. The van der Waals surface area contributed by atoms with Crippen LogP contribution in [-0.4, -0.2) is 22.5 Å². The van der Waals surface area contributed by atoms with E-state index in [-0.39, 0.29) is 12.5 Å². The predicted octanol–water partition coefficient (Wildman–Crippen LogP) is 3.33. The molecule has 0 aliphatic heterocycles. The standard InChI is InChI=1S/C19H18N2O2S/c1-19(23,16-9-11-24-12-16)13-21-17(22)8-7-15-5-2-4-14-6-3-10-20-18(14)15/h2-12,23H,13H2,1H3,(H,21,22)/b8-7+. The van der Waals surface area contributed by atoms with E-state index in [1.54, 1.807) is 19.2 Å². The summed E-state index contributed by atoms with van der Waals surface area (Å²) in [7, 11) is 0. The molecule has 2 heterocycles. The zero-order valence-electron chi connectivity index (χ0n) is 13.3. The van der Waals surface area contributed by atoms with E-state index in [1.807, 2.05) is 47.2 Å². The Morgan fingerprint density at radius 1 is 1.33 bits per heavy atom. The summed E-state index contributed by atoms with van der Waals surface area (Å²) in [5.74, 6) is -0.251. The van der Waals surface area contributed by atoms with Crippen molar-refractivity contribution in [2.75, 3.05) is 6.54 Å². The maximum absolute atomic E-state index is 12.0. The minimum absolute atomic E-state index is 0.153. The number of nitrogens with zero attached hydrogens (tertiary/aromatic N) is 1. The van der Waals surface area contributed by atoms with Gasteiger partial charge in [-0.05, 0) is 41.5 Å². The van der Waals surface area contributed by atoms with Crippen molar-refractivity contribution in [3.05, 3.63) is 70.6 Å². The van der Waals surface area contributed by atoms with Crippen molar-refractivity contribution in [1.29, 1.82) is 0 Å². The van der Waals surface area contributed by atoms with E-state index in [0.717, 1.165) is 22.0 Å². The van der Waals surface area contributed by atoms with Gasteiger partial charge in [0.05, 0.1) is 12.1 Å². The number of aliphatic hydroxyl groups is 1. The molecule has 24 heavy (non-hydrogen) atoms. The summed E-state index contributed by atoms with van der Waals surface area (Å²) in [4.78, 5) is 16.4. The molecule has 0 aliphatic rings. The van der Waals surface area contributed by atoms with Crippen LogP contribution in [0, 0.1) is 0 Å². The number of carbonyl (C=O) groups is 1. The topological polar surface area (TPSA) is 62.2 Å². The molecule has 0 saturated heterocycles. The average molecular weight is 338 g/mol. The minimum Gasteiger partial charge on any atom is -0.384 e. The lowest BCUT2D eigenvalue weighted by Gasteiger charge is -2.22. The quantitative estimate of drug-likeness (QED) is 0.702. The number of aromatic nitrogens is 1. The van der Waals surface area contributed by atoms with Crippen LogP contribution in [0.4, 0.5) is 0 Å². The maximum atomic E-state index is 12.0. The highest BCUT2D eigenvalue weighted by atomic mass is 32.1. The number of amides is 1. The number of fused-ring (bicyclic) bond motifs is 1. The summed E-state index contributed by atoms with van der Waals surface area (Å²) in [6.07, 6.45) is 4.94. The van der Waals surface area contributed by atoms with Gasteiger partial charge in [0.25, 0.3) is 0 Å². The number of hydrogen-bond acceptors (Lipinski definition) is 4. The van der Waals surface area contributed by atoms with Gasteiger partial charge in [0.15, 0.2) is 0 Å². The zero-order valence-corrected chi connectivity index (χ0v) is 14.1. The second kappa shape index (κ2) is 6.95. The lowest BCUT2D eigenvalue weighted by Crippen LogP contribution is -2.37. The molecule has 3 aromatic rings. The van der Waals surface area contributed by atoms with Crippen molar-refractivity contribution in [3.8, 4) is 0 Å². The molecule has 122 valence electrons. The van der Waals surface area contributed by atoms with Crippen LogP contribution in [0.3, 0.4) is 0 Å². The van der Waals surface area contributed by atoms with E-state index >= 15 is 0 Å². The van der Waals surface area contributed by atoms with E-state index in [9.17, 15) is 9.90 Å². The first-order chi connectivity index (χ1) is 11.6. The maximum Gasteiger partial charge on any atom is 0.244 e. The first-order valence-electron chi connectivity index (χ1n) is 7.61. The Morgan fingerprint density at radius 3 is 2.96 bits per heavy atom. The summed E-state index contributed by atoms with van der Waals surface area (Å²) < 4.78 is 0. The third kappa shape index (κ3) is 3.69. The fraction of sp³-hybridized carbons (Fsp3) is 0.158. The molecule has 1 unspecified atom stereocenters. The highest BCUT2D eigenvalue weighted by Gasteiger charge is 2.23. The average Bonchev–Trinajstić information content (AvgIpc) is 3.14. The van der Waals surface area contributed by atoms with Crippen molar-refractivity contribution in [2.45, 2.75) is 12.5 Å². The third-order valence-electron chi connectivity index (χ3n) is 3.83. The van der Waals surface area contributed by atoms with Crippen molar-refractivity contribution in [2.24, 2.45) is 0 Å². The van der Waals surface area contributed by atoms with Crippen LogP contribution in [0.2, 0.25) is 0 Å². The molecule has 0 fully saturated rings. The highest BCUT2D eigenvalue weighted by Crippen LogP contribution is 2.22.